The van der Waals surface area contributed by atoms with Crippen LogP contribution in [0.1, 0.15) is 22.4 Å². The van der Waals surface area contributed by atoms with E-state index in [4.69, 9.17) is 6.42 Å². The van der Waals surface area contributed by atoms with Gasteiger partial charge in [0.1, 0.15) is 10.7 Å². The van der Waals surface area contributed by atoms with Gasteiger partial charge in [0.15, 0.2) is 0 Å². The van der Waals surface area contributed by atoms with Crippen LogP contribution in [0.2, 0.25) is 0 Å². The molecule has 2 aromatic carbocycles. The molecule has 0 saturated heterocycles. The molecule has 3 aromatic rings. The summed E-state index contributed by atoms with van der Waals surface area (Å²) in [7, 11) is 2.27. The second-order valence-corrected chi connectivity index (χ2v) is 7.89. The van der Waals surface area contributed by atoms with Crippen LogP contribution in [0.25, 0.3) is 6.08 Å². The van der Waals surface area contributed by atoms with Crippen molar-refractivity contribution in [2.24, 2.45) is 0 Å². The first kappa shape index (κ1) is 27.5. The van der Waals surface area contributed by atoms with Crippen LogP contribution in [0.15, 0.2) is 76.7 Å². The van der Waals surface area contributed by atoms with Gasteiger partial charge in [-0.25, -0.2) is 4.98 Å². The standard InChI is InChI=1S/C25H20F3N3OS.CH3F/c1-3-18-15-17(9-12-21(18)29-2)16-30-23(32)14-11-19-10-13-22(25(26,27)28)31-24(19)33-20-7-5-4-6-8-20;1-2/h1,4-15,29H,16H2,2H3,(H,30,32);1H3/b14-11+;. The summed E-state index contributed by atoms with van der Waals surface area (Å²) in [5.74, 6) is 2.19. The van der Waals surface area contributed by atoms with E-state index < -0.39 is 17.8 Å². The quantitative estimate of drug-likeness (QED) is 0.230. The molecule has 0 aliphatic rings. The van der Waals surface area contributed by atoms with Crippen LogP contribution in [0.3, 0.4) is 0 Å². The fourth-order valence-electron chi connectivity index (χ4n) is 2.87. The average Bonchev–Trinajstić information content (AvgIpc) is 2.87. The van der Waals surface area contributed by atoms with Gasteiger partial charge in [0.05, 0.1) is 7.18 Å². The molecule has 3 rings (SSSR count). The Balaban J connectivity index is 0.00000210. The third-order valence-electron chi connectivity index (χ3n) is 4.53. The van der Waals surface area contributed by atoms with Gasteiger partial charge in [-0.1, -0.05) is 48.0 Å². The minimum atomic E-state index is -4.56. The fourth-order valence-corrected chi connectivity index (χ4v) is 3.78. The molecule has 0 saturated carbocycles. The number of hydrogen-bond donors (Lipinski definition) is 2. The highest BCUT2D eigenvalue weighted by atomic mass is 32.2. The minimum Gasteiger partial charge on any atom is -0.387 e. The highest BCUT2D eigenvalue weighted by molar-refractivity contribution is 7.99. The summed E-state index contributed by atoms with van der Waals surface area (Å²) in [6.45, 7) is 0.249. The van der Waals surface area contributed by atoms with Gasteiger partial charge in [-0.15, -0.1) is 6.42 Å². The van der Waals surface area contributed by atoms with Gasteiger partial charge in [-0.3, -0.25) is 9.18 Å². The molecular weight excluding hydrogens is 478 g/mol. The van der Waals surface area contributed by atoms with Crippen molar-refractivity contribution in [2.75, 3.05) is 19.5 Å². The van der Waals surface area contributed by atoms with Crippen LogP contribution in [-0.4, -0.2) is 25.1 Å². The highest BCUT2D eigenvalue weighted by Crippen LogP contribution is 2.34. The summed E-state index contributed by atoms with van der Waals surface area (Å²) in [6.07, 6.45) is 3.66. The Kier molecular flexibility index (Phi) is 10.4. The van der Waals surface area contributed by atoms with Crippen molar-refractivity contribution >= 4 is 29.4 Å². The molecule has 0 radical (unpaired) electrons. The molecule has 4 nitrogen and oxygen atoms in total. The molecule has 0 aliphatic carbocycles. The summed E-state index contributed by atoms with van der Waals surface area (Å²) in [5, 5.41) is 5.89. The molecule has 0 unspecified atom stereocenters. The smallest absolute Gasteiger partial charge is 0.387 e. The minimum absolute atomic E-state index is 0.154. The van der Waals surface area contributed by atoms with Gasteiger partial charge >= 0.3 is 6.18 Å². The first-order chi connectivity index (χ1) is 16.8. The largest absolute Gasteiger partial charge is 0.433 e. The van der Waals surface area contributed by atoms with E-state index in [1.165, 1.54) is 18.2 Å². The molecule has 0 atom stereocenters. The van der Waals surface area contributed by atoms with E-state index >= 15 is 0 Å². The molecule has 2 N–H and O–H groups in total. The normalized spacial score (nSPS) is 10.8. The number of nitrogens with zero attached hydrogens (tertiary/aromatic N) is 1. The Morgan fingerprint density at radius 2 is 1.83 bits per heavy atom. The zero-order valence-corrected chi connectivity index (χ0v) is 19.8. The second kappa shape index (κ2) is 13.2. The van der Waals surface area contributed by atoms with Gasteiger partial charge in [0.25, 0.3) is 0 Å². The van der Waals surface area contributed by atoms with Crippen molar-refractivity contribution in [3.63, 3.8) is 0 Å². The Morgan fingerprint density at radius 1 is 1.11 bits per heavy atom. The van der Waals surface area contributed by atoms with Crippen LogP contribution in [-0.2, 0) is 17.5 Å². The molecule has 1 heterocycles. The van der Waals surface area contributed by atoms with Gasteiger partial charge < -0.3 is 10.6 Å². The fraction of sp³-hybridized carbons (Fsp3) is 0.154. The zero-order chi connectivity index (χ0) is 25.8. The maximum Gasteiger partial charge on any atom is 0.433 e. The molecule has 0 aliphatic heterocycles. The lowest BCUT2D eigenvalue weighted by atomic mass is 10.1. The Bertz CT molecular complexity index is 1210. The maximum absolute atomic E-state index is 13.1. The first-order valence-electron chi connectivity index (χ1n) is 10.2. The molecule has 9 heteroatoms. The predicted molar refractivity (Wildman–Crippen MR) is 132 cm³/mol. The third kappa shape index (κ3) is 8.19. The lowest BCUT2D eigenvalue weighted by Gasteiger charge is -2.10. The number of alkyl halides is 4. The van der Waals surface area contributed by atoms with Gasteiger partial charge in [-0.05, 0) is 42.0 Å². The summed E-state index contributed by atoms with van der Waals surface area (Å²) in [4.78, 5) is 16.8. The van der Waals surface area contributed by atoms with Crippen molar-refractivity contribution in [1.29, 1.82) is 0 Å². The number of benzene rings is 2. The van der Waals surface area contributed by atoms with E-state index in [2.05, 4.69) is 21.5 Å². The summed E-state index contributed by atoms with van der Waals surface area (Å²) >= 11 is 1.10. The summed E-state index contributed by atoms with van der Waals surface area (Å²) in [6, 6.07) is 16.6. The van der Waals surface area contributed by atoms with Gasteiger partial charge in [-0.2, -0.15) is 13.2 Å². The van der Waals surface area contributed by atoms with Crippen molar-refractivity contribution < 1.29 is 22.4 Å². The molecule has 0 spiro atoms. The van der Waals surface area contributed by atoms with Crippen LogP contribution in [0, 0.1) is 12.3 Å². The van der Waals surface area contributed by atoms with Crippen LogP contribution in [0.4, 0.5) is 23.2 Å². The number of pyridine rings is 1. The SMILES string of the molecule is C#Cc1cc(CNC(=O)/C=C/c2ccc(C(F)(F)F)nc2Sc2ccccc2)ccc1NC.CF. The third-order valence-corrected chi connectivity index (χ3v) is 5.56. The highest BCUT2D eigenvalue weighted by Gasteiger charge is 2.33. The Hall–Kier alpha value is -3.77. The molecule has 1 aromatic heterocycles. The number of carbonyl (C=O) groups is 1. The van der Waals surface area contributed by atoms with E-state index in [0.29, 0.717) is 18.3 Å². The molecule has 182 valence electrons. The molecule has 35 heavy (non-hydrogen) atoms. The number of carbonyl (C=O) groups excluding carboxylic acids is 1. The Labute approximate surface area is 205 Å². The summed E-state index contributed by atoms with van der Waals surface area (Å²) < 4.78 is 48.9. The molecule has 0 bridgehead atoms. The van der Waals surface area contributed by atoms with Crippen LogP contribution < -0.4 is 10.6 Å². The lowest BCUT2D eigenvalue weighted by Crippen LogP contribution is -2.20. The van der Waals surface area contributed by atoms with Gasteiger partial charge in [0.2, 0.25) is 5.91 Å². The number of amides is 1. The first-order valence-corrected chi connectivity index (χ1v) is 11.0. The predicted octanol–water partition coefficient (Wildman–Crippen LogP) is 6.19. The second-order valence-electron chi connectivity index (χ2n) is 6.83. The Morgan fingerprint density at radius 3 is 2.46 bits per heavy atom. The topological polar surface area (TPSA) is 54.0 Å². The molecule has 0 fully saturated rings. The van der Waals surface area contributed by atoms with Crippen LogP contribution in [0.5, 0.6) is 0 Å². The van der Waals surface area contributed by atoms with E-state index in [9.17, 15) is 22.4 Å². The number of nitrogens with one attached hydrogen (secondary N) is 2. The van der Waals surface area contributed by atoms with E-state index in [1.54, 1.807) is 37.4 Å². The number of halogens is 4. The van der Waals surface area contributed by atoms with Crippen molar-refractivity contribution in [3.05, 3.63) is 89.1 Å². The van der Waals surface area contributed by atoms with E-state index in [0.717, 1.165) is 34.0 Å². The van der Waals surface area contributed by atoms with Crippen molar-refractivity contribution in [3.8, 4) is 12.3 Å². The van der Waals surface area contributed by atoms with Crippen LogP contribution >= 0.6 is 11.8 Å². The van der Waals surface area contributed by atoms with Crippen molar-refractivity contribution in [2.45, 2.75) is 22.6 Å². The average molecular weight is 502 g/mol. The number of aromatic nitrogens is 1. The van der Waals surface area contributed by atoms with E-state index in [-0.39, 0.29) is 11.6 Å². The maximum atomic E-state index is 13.1. The monoisotopic (exact) mass is 501 g/mol. The number of anilines is 1. The lowest BCUT2D eigenvalue weighted by molar-refractivity contribution is -0.141. The number of hydrogen-bond acceptors (Lipinski definition) is 4. The van der Waals surface area contributed by atoms with Gasteiger partial charge in [0, 0.05) is 41.4 Å². The van der Waals surface area contributed by atoms with Crippen molar-refractivity contribution in [1.82, 2.24) is 10.3 Å². The molecular formula is C26H23F4N3OS. The van der Waals surface area contributed by atoms with E-state index in [1.807, 2.05) is 18.2 Å². The number of rotatable bonds is 7. The summed E-state index contributed by atoms with van der Waals surface area (Å²) in [5.41, 5.74) is 1.72. The number of terminal acetylenes is 1. The zero-order valence-electron chi connectivity index (χ0n) is 19.0. The molecule has 1 amide bonds.